The van der Waals surface area contributed by atoms with Crippen LogP contribution in [-0.4, -0.2) is 14.5 Å². The molecule has 3 aromatic carbocycles. The molecular weight excluding hydrogens is 631 g/mol. The van der Waals surface area contributed by atoms with Crippen molar-refractivity contribution in [3.63, 3.8) is 0 Å². The first-order valence-corrected chi connectivity index (χ1v) is 12.9. The Hall–Kier alpha value is -3.33. The summed E-state index contributed by atoms with van der Waals surface area (Å²) in [6.07, 6.45) is 9.99. The molecule has 3 nitrogen and oxygen atoms in total. The topological polar surface area (TPSA) is 30.7 Å². The van der Waals surface area contributed by atoms with Crippen LogP contribution in [-0.2, 0) is 26.7 Å². The summed E-state index contributed by atoms with van der Waals surface area (Å²) < 4.78 is 2.36. The molecule has 0 atom stereocenters. The smallest absolute Gasteiger partial charge is 0.0777 e. The average molecular weight is 660 g/mol. The summed E-state index contributed by atoms with van der Waals surface area (Å²) in [6.45, 7) is 2.89. The van der Waals surface area contributed by atoms with Crippen molar-refractivity contribution in [2.45, 2.75) is 45.1 Å². The van der Waals surface area contributed by atoms with Gasteiger partial charge in [-0.05, 0) is 49.1 Å². The van der Waals surface area contributed by atoms with Gasteiger partial charge in [0.1, 0.15) is 0 Å². The van der Waals surface area contributed by atoms with Crippen molar-refractivity contribution < 1.29 is 20.1 Å². The van der Waals surface area contributed by atoms with E-state index in [4.69, 9.17) is 4.98 Å². The molecular formula is C33H29IrN3-2. The summed E-state index contributed by atoms with van der Waals surface area (Å²) in [7, 11) is 0. The van der Waals surface area contributed by atoms with Crippen LogP contribution in [0, 0.1) is 19.1 Å². The van der Waals surface area contributed by atoms with Crippen molar-refractivity contribution in [2.75, 3.05) is 0 Å². The number of hydrogen-bond donors (Lipinski definition) is 0. The zero-order valence-corrected chi connectivity index (χ0v) is 23.3. The van der Waals surface area contributed by atoms with E-state index < -0.39 is 0 Å². The molecule has 2 aliphatic rings. The van der Waals surface area contributed by atoms with Gasteiger partial charge in [0.25, 0.3) is 0 Å². The van der Waals surface area contributed by atoms with Gasteiger partial charge < -0.3 is 9.55 Å². The number of pyridine rings is 1. The molecule has 0 amide bonds. The minimum atomic E-state index is 0. The molecule has 3 heterocycles. The van der Waals surface area contributed by atoms with Gasteiger partial charge in [-0.3, -0.25) is 4.98 Å². The van der Waals surface area contributed by atoms with Crippen molar-refractivity contribution in [1.82, 2.24) is 14.5 Å². The van der Waals surface area contributed by atoms with Crippen LogP contribution >= 0.6 is 0 Å². The molecule has 0 bridgehead atoms. The number of imidazole rings is 1. The van der Waals surface area contributed by atoms with E-state index in [1.165, 1.54) is 42.3 Å². The first-order valence-electron chi connectivity index (χ1n) is 12.9. The van der Waals surface area contributed by atoms with E-state index in [1.54, 1.807) is 0 Å². The fourth-order valence-corrected chi connectivity index (χ4v) is 5.47. The Morgan fingerprint density at radius 1 is 0.811 bits per heavy atom. The molecule has 0 spiro atoms. The number of benzene rings is 3. The van der Waals surface area contributed by atoms with Gasteiger partial charge in [-0.1, -0.05) is 43.2 Å². The molecule has 0 N–H and O–H groups in total. The fourth-order valence-electron chi connectivity index (χ4n) is 5.47. The minimum absolute atomic E-state index is 0. The Labute approximate surface area is 232 Å². The second kappa shape index (κ2) is 11.4. The maximum Gasteiger partial charge on any atom is 0.0777 e. The molecule has 37 heavy (non-hydrogen) atoms. The summed E-state index contributed by atoms with van der Waals surface area (Å²) >= 11 is 0. The quantitative estimate of drug-likeness (QED) is 0.184. The molecule has 1 aliphatic heterocycles. The van der Waals surface area contributed by atoms with Gasteiger partial charge in [-0.25, -0.2) is 0 Å². The summed E-state index contributed by atoms with van der Waals surface area (Å²) in [5.74, 6) is 1.77. The first kappa shape index (κ1) is 25.3. The number of aromatic nitrogens is 3. The van der Waals surface area contributed by atoms with Crippen LogP contribution in [0.2, 0.25) is 0 Å². The number of hydrogen-bond acceptors (Lipinski definition) is 2. The van der Waals surface area contributed by atoms with Gasteiger partial charge in [0.05, 0.1) is 16.9 Å². The summed E-state index contributed by atoms with van der Waals surface area (Å²) in [5.41, 5.74) is 9.49. The second-order valence-electron chi connectivity index (χ2n) is 9.58. The molecule has 4 heteroatoms. The molecule has 2 aromatic heterocycles. The largest absolute Gasteiger partial charge is 0.360 e. The molecule has 1 radical (unpaired) electrons. The van der Waals surface area contributed by atoms with Crippen molar-refractivity contribution in [3.8, 4) is 22.6 Å². The molecule has 0 saturated heterocycles. The van der Waals surface area contributed by atoms with E-state index in [0.717, 1.165) is 46.3 Å². The maximum absolute atomic E-state index is 4.91. The van der Waals surface area contributed by atoms with Crippen LogP contribution in [0.5, 0.6) is 0 Å². The molecule has 1 fully saturated rings. The van der Waals surface area contributed by atoms with E-state index in [9.17, 15) is 0 Å². The first-order chi connectivity index (χ1) is 17.8. The van der Waals surface area contributed by atoms with Gasteiger partial charge in [0, 0.05) is 37.9 Å². The zero-order valence-electron chi connectivity index (χ0n) is 20.9. The van der Waals surface area contributed by atoms with E-state index in [-0.39, 0.29) is 20.1 Å². The van der Waals surface area contributed by atoms with E-state index in [0.29, 0.717) is 0 Å². The summed E-state index contributed by atoms with van der Waals surface area (Å²) in [6, 6.07) is 33.0. The van der Waals surface area contributed by atoms with Crippen LogP contribution in [0.15, 0.2) is 84.9 Å². The van der Waals surface area contributed by atoms with Gasteiger partial charge in [0.15, 0.2) is 0 Å². The molecule has 1 aliphatic carbocycles. The Kier molecular flexibility index (Phi) is 7.79. The Bertz CT molecular complexity index is 1510. The molecule has 1 saturated carbocycles. The van der Waals surface area contributed by atoms with Crippen LogP contribution in [0.25, 0.3) is 39.8 Å². The van der Waals surface area contributed by atoms with Crippen molar-refractivity contribution in [2.24, 2.45) is 0 Å². The average Bonchev–Trinajstić information content (AvgIpc) is 3.60. The van der Waals surface area contributed by atoms with Crippen LogP contribution in [0.1, 0.15) is 48.4 Å². The predicted octanol–water partition coefficient (Wildman–Crippen LogP) is 8.04. The van der Waals surface area contributed by atoms with Crippen molar-refractivity contribution in [1.29, 1.82) is 0 Å². The summed E-state index contributed by atoms with van der Waals surface area (Å²) in [4.78, 5) is 9.33. The van der Waals surface area contributed by atoms with Crippen molar-refractivity contribution >= 4 is 17.1 Å². The van der Waals surface area contributed by atoms with Crippen LogP contribution < -0.4 is 0 Å². The Morgan fingerprint density at radius 3 is 2.27 bits per heavy atom. The monoisotopic (exact) mass is 660 g/mol. The molecule has 7 rings (SSSR count). The predicted molar refractivity (Wildman–Crippen MR) is 147 cm³/mol. The molecule has 0 unspecified atom stereocenters. The molecule has 5 aromatic rings. The zero-order chi connectivity index (χ0) is 24.3. The van der Waals surface area contributed by atoms with Gasteiger partial charge >= 0.3 is 0 Å². The van der Waals surface area contributed by atoms with Crippen molar-refractivity contribution in [3.05, 3.63) is 114 Å². The Balaban J connectivity index is 0.000000172. The molecule has 187 valence electrons. The number of nitrogens with zero attached hydrogens (tertiary/aromatic N) is 3. The standard InChI is InChI=1S/C21H19N2.C12H10N.Ir/c1-2-9-16(10-3-1)21-22-19-13-12-17(15-7-4-5-8-15)18-11-6-14-23(21)20(18)19;1-10-6-5-9-12(13-10)11-7-3-2-4-8-11;/h1-3,6,9,11-13,15H,4-5,7-8,14H2;2-7,9H,1H3;/q2*-1;. The summed E-state index contributed by atoms with van der Waals surface area (Å²) in [5, 5.41) is 0. The number of rotatable bonds is 3. The second-order valence-corrected chi connectivity index (χ2v) is 9.58. The fraction of sp³-hybridized carbons (Fsp3) is 0.212. The number of aryl methyl sites for hydroxylation is 1. The minimum Gasteiger partial charge on any atom is -0.360 e. The normalized spacial score (nSPS) is 14.2. The third-order valence-electron chi connectivity index (χ3n) is 7.17. The van der Waals surface area contributed by atoms with E-state index in [1.807, 2.05) is 61.5 Å². The van der Waals surface area contributed by atoms with Crippen LogP contribution in [0.4, 0.5) is 0 Å². The van der Waals surface area contributed by atoms with Gasteiger partial charge in [-0.2, -0.15) is 0 Å². The number of allylic oxidation sites excluding steroid dienone is 1. The Morgan fingerprint density at radius 2 is 1.57 bits per heavy atom. The van der Waals surface area contributed by atoms with Crippen LogP contribution in [0.3, 0.4) is 0 Å². The SMILES string of the molecule is Cc1cccc(-c2[c-]cccc2)n1.[Ir].[c-]1ccccc1-c1nc2ccc(C3CCCC3)c3c2n1CC=C3. The third kappa shape index (κ3) is 5.23. The van der Waals surface area contributed by atoms with E-state index in [2.05, 4.69) is 58.1 Å². The third-order valence-corrected chi connectivity index (χ3v) is 7.17. The van der Waals surface area contributed by atoms with Gasteiger partial charge in [0.2, 0.25) is 0 Å². The van der Waals surface area contributed by atoms with Gasteiger partial charge in [-0.15, -0.1) is 71.8 Å². The maximum atomic E-state index is 4.91. The van der Waals surface area contributed by atoms with E-state index >= 15 is 0 Å².